The van der Waals surface area contributed by atoms with Crippen molar-refractivity contribution in [2.24, 2.45) is 7.05 Å². The van der Waals surface area contributed by atoms with Crippen molar-refractivity contribution < 1.29 is 9.90 Å². The highest BCUT2D eigenvalue weighted by Gasteiger charge is 2.29. The Bertz CT molecular complexity index is 362. The molecule has 2 N–H and O–H groups in total. The fraction of sp³-hybridized carbons (Fsp3) is 0.636. The van der Waals surface area contributed by atoms with E-state index in [2.05, 4.69) is 10.3 Å². The van der Waals surface area contributed by atoms with Gasteiger partial charge in [0.2, 0.25) is 0 Å². The number of carbonyl (C=O) groups is 1. The van der Waals surface area contributed by atoms with Crippen LogP contribution in [0.25, 0.3) is 0 Å². The van der Waals surface area contributed by atoms with Crippen LogP contribution in [0.4, 0.5) is 0 Å². The van der Waals surface area contributed by atoms with E-state index in [9.17, 15) is 4.79 Å². The molecule has 1 atom stereocenters. The van der Waals surface area contributed by atoms with Crippen molar-refractivity contribution in [3.63, 3.8) is 0 Å². The molecule has 5 nitrogen and oxygen atoms in total. The fourth-order valence-corrected chi connectivity index (χ4v) is 1.44. The zero-order valence-electron chi connectivity index (χ0n) is 10.0. The molecular formula is C11H19N3O2. The van der Waals surface area contributed by atoms with Gasteiger partial charge in [-0.25, -0.2) is 4.98 Å². The molecule has 0 aromatic carbocycles. The number of rotatable bonds is 6. The highest BCUT2D eigenvalue weighted by Crippen LogP contribution is 2.09. The Hall–Kier alpha value is -1.36. The van der Waals surface area contributed by atoms with Crippen LogP contribution in [-0.4, -0.2) is 32.7 Å². The number of aliphatic carboxylic acids is 1. The van der Waals surface area contributed by atoms with Gasteiger partial charge in [0, 0.05) is 32.4 Å². The van der Waals surface area contributed by atoms with Crippen molar-refractivity contribution in [2.45, 2.75) is 32.2 Å². The summed E-state index contributed by atoms with van der Waals surface area (Å²) >= 11 is 0. The van der Waals surface area contributed by atoms with Crippen LogP contribution >= 0.6 is 0 Å². The molecule has 1 aromatic rings. The van der Waals surface area contributed by atoms with Gasteiger partial charge in [0.05, 0.1) is 0 Å². The van der Waals surface area contributed by atoms with Gasteiger partial charge < -0.3 is 15.0 Å². The van der Waals surface area contributed by atoms with E-state index in [4.69, 9.17) is 5.11 Å². The molecule has 90 valence electrons. The maximum absolute atomic E-state index is 11.0. The molecule has 1 rings (SSSR count). The Balaban J connectivity index is 2.46. The maximum Gasteiger partial charge on any atom is 0.323 e. The number of hydrogen-bond donors (Lipinski definition) is 2. The van der Waals surface area contributed by atoms with Gasteiger partial charge in [0.15, 0.2) is 0 Å². The normalized spacial score (nSPS) is 14.7. The first-order valence-electron chi connectivity index (χ1n) is 5.44. The molecule has 1 unspecified atom stereocenters. The third-order valence-corrected chi connectivity index (χ3v) is 2.96. The topological polar surface area (TPSA) is 67.2 Å². The van der Waals surface area contributed by atoms with Crippen LogP contribution in [0.1, 0.15) is 26.1 Å². The number of nitrogens with zero attached hydrogens (tertiary/aromatic N) is 2. The van der Waals surface area contributed by atoms with Crippen LogP contribution in [0.5, 0.6) is 0 Å². The van der Waals surface area contributed by atoms with Crippen molar-refractivity contribution >= 4 is 5.97 Å². The molecule has 1 heterocycles. The molecule has 16 heavy (non-hydrogen) atoms. The van der Waals surface area contributed by atoms with Gasteiger partial charge >= 0.3 is 5.97 Å². The molecule has 5 heteroatoms. The lowest BCUT2D eigenvalue weighted by Crippen LogP contribution is -2.49. The minimum atomic E-state index is -0.842. The molecule has 0 amide bonds. The van der Waals surface area contributed by atoms with E-state index in [-0.39, 0.29) is 0 Å². The third-order valence-electron chi connectivity index (χ3n) is 2.96. The number of carboxylic acid groups (broad SMARTS) is 1. The lowest BCUT2D eigenvalue weighted by atomic mass is 9.99. The Morgan fingerprint density at radius 1 is 1.69 bits per heavy atom. The van der Waals surface area contributed by atoms with Crippen molar-refractivity contribution in [1.82, 2.24) is 14.9 Å². The van der Waals surface area contributed by atoms with Crippen LogP contribution in [0.3, 0.4) is 0 Å². The number of aryl methyl sites for hydroxylation is 1. The second-order valence-electron chi connectivity index (χ2n) is 4.12. The van der Waals surface area contributed by atoms with Crippen LogP contribution in [0.15, 0.2) is 12.4 Å². The van der Waals surface area contributed by atoms with Gasteiger partial charge in [-0.15, -0.1) is 0 Å². The first kappa shape index (κ1) is 12.7. The van der Waals surface area contributed by atoms with E-state index < -0.39 is 11.5 Å². The average molecular weight is 225 g/mol. The third kappa shape index (κ3) is 2.82. The predicted molar refractivity (Wildman–Crippen MR) is 61.2 cm³/mol. The predicted octanol–water partition coefficient (Wildman–Crippen LogP) is 0.805. The highest BCUT2D eigenvalue weighted by atomic mass is 16.4. The summed E-state index contributed by atoms with van der Waals surface area (Å²) in [6.07, 6.45) is 4.91. The Morgan fingerprint density at radius 2 is 2.38 bits per heavy atom. The minimum Gasteiger partial charge on any atom is -0.480 e. The summed E-state index contributed by atoms with van der Waals surface area (Å²) in [4.78, 5) is 15.2. The molecule has 1 aromatic heterocycles. The second-order valence-corrected chi connectivity index (χ2v) is 4.12. The van der Waals surface area contributed by atoms with Gasteiger partial charge in [0.25, 0.3) is 0 Å². The smallest absolute Gasteiger partial charge is 0.323 e. The summed E-state index contributed by atoms with van der Waals surface area (Å²) in [6, 6.07) is 0. The van der Waals surface area contributed by atoms with E-state index in [0.717, 1.165) is 12.2 Å². The van der Waals surface area contributed by atoms with Crippen molar-refractivity contribution in [3.05, 3.63) is 18.2 Å². The number of nitrogens with one attached hydrogen (secondary N) is 1. The van der Waals surface area contributed by atoms with Crippen molar-refractivity contribution in [3.8, 4) is 0 Å². The first-order chi connectivity index (χ1) is 7.49. The Morgan fingerprint density at radius 3 is 2.81 bits per heavy atom. The van der Waals surface area contributed by atoms with Crippen LogP contribution in [0, 0.1) is 0 Å². The quantitative estimate of drug-likeness (QED) is 0.751. The molecular weight excluding hydrogens is 206 g/mol. The molecule has 0 bridgehead atoms. The van der Waals surface area contributed by atoms with E-state index >= 15 is 0 Å². The van der Waals surface area contributed by atoms with E-state index in [1.165, 1.54) is 0 Å². The van der Waals surface area contributed by atoms with Gasteiger partial charge in [0.1, 0.15) is 11.4 Å². The summed E-state index contributed by atoms with van der Waals surface area (Å²) < 4.78 is 1.94. The van der Waals surface area contributed by atoms with Crippen LogP contribution < -0.4 is 5.32 Å². The number of imidazole rings is 1. The molecule has 0 radical (unpaired) electrons. The number of hydrogen-bond acceptors (Lipinski definition) is 3. The summed E-state index contributed by atoms with van der Waals surface area (Å²) in [7, 11) is 1.93. The molecule has 0 aliphatic heterocycles. The van der Waals surface area contributed by atoms with Crippen molar-refractivity contribution in [1.29, 1.82) is 0 Å². The van der Waals surface area contributed by atoms with Gasteiger partial charge in [-0.05, 0) is 13.3 Å². The minimum absolute atomic E-state index is 0.558. The monoisotopic (exact) mass is 225 g/mol. The SMILES string of the molecule is CCC(C)(NCCc1nccn1C)C(=O)O. The molecule has 0 saturated heterocycles. The molecule has 0 spiro atoms. The average Bonchev–Trinajstić information content (AvgIpc) is 2.64. The molecule has 0 fully saturated rings. The van der Waals surface area contributed by atoms with Crippen LogP contribution in [-0.2, 0) is 18.3 Å². The lowest BCUT2D eigenvalue weighted by Gasteiger charge is -2.24. The highest BCUT2D eigenvalue weighted by molar-refractivity contribution is 5.78. The van der Waals surface area contributed by atoms with E-state index in [1.807, 2.05) is 24.7 Å². The second kappa shape index (κ2) is 5.12. The largest absolute Gasteiger partial charge is 0.480 e. The first-order valence-corrected chi connectivity index (χ1v) is 5.44. The zero-order valence-corrected chi connectivity index (χ0v) is 10.0. The Kier molecular flexibility index (Phi) is 4.06. The van der Waals surface area contributed by atoms with Crippen molar-refractivity contribution in [2.75, 3.05) is 6.54 Å². The molecule has 0 saturated carbocycles. The standard InChI is InChI=1S/C11H19N3O2/c1-4-11(2,10(15)16)13-6-5-9-12-7-8-14(9)3/h7-8,13H,4-6H2,1-3H3,(H,15,16). The van der Waals surface area contributed by atoms with Gasteiger partial charge in [-0.1, -0.05) is 6.92 Å². The maximum atomic E-state index is 11.0. The van der Waals surface area contributed by atoms with Gasteiger partial charge in [-0.2, -0.15) is 0 Å². The molecule has 0 aliphatic rings. The number of carboxylic acids is 1. The van der Waals surface area contributed by atoms with E-state index in [0.29, 0.717) is 13.0 Å². The Labute approximate surface area is 95.5 Å². The number of aromatic nitrogens is 2. The fourth-order valence-electron chi connectivity index (χ4n) is 1.44. The zero-order chi connectivity index (χ0) is 12.2. The van der Waals surface area contributed by atoms with Crippen LogP contribution in [0.2, 0.25) is 0 Å². The summed E-state index contributed by atoms with van der Waals surface area (Å²) in [6.45, 7) is 4.18. The lowest BCUT2D eigenvalue weighted by molar-refractivity contribution is -0.144. The summed E-state index contributed by atoms with van der Waals surface area (Å²) in [5.74, 6) is 0.145. The summed E-state index contributed by atoms with van der Waals surface area (Å²) in [5, 5.41) is 12.1. The summed E-state index contributed by atoms with van der Waals surface area (Å²) in [5.41, 5.74) is -0.842. The van der Waals surface area contributed by atoms with E-state index in [1.54, 1.807) is 13.1 Å². The molecule has 0 aliphatic carbocycles. The van der Waals surface area contributed by atoms with Gasteiger partial charge in [-0.3, -0.25) is 4.79 Å².